The molecule has 0 spiro atoms. The zero-order valence-electron chi connectivity index (χ0n) is 12.4. The topological polar surface area (TPSA) is 104 Å². The highest BCUT2D eigenvalue weighted by Gasteiger charge is 2.38. The summed E-state index contributed by atoms with van der Waals surface area (Å²) in [7, 11) is 0. The molecule has 0 aromatic rings. The van der Waals surface area contributed by atoms with E-state index in [1.54, 1.807) is 0 Å². The van der Waals surface area contributed by atoms with Gasteiger partial charge in [0.05, 0.1) is 0 Å². The average molecular weight is 374 g/mol. The first-order valence-electron chi connectivity index (χ1n) is 6.29. The van der Waals surface area contributed by atoms with Gasteiger partial charge in [0.2, 0.25) is 0 Å². The van der Waals surface area contributed by atoms with E-state index in [1.807, 2.05) is 6.92 Å². The Morgan fingerprint density at radius 1 is 1.12 bits per heavy atom. The highest BCUT2D eigenvalue weighted by Crippen LogP contribution is 2.13. The van der Waals surface area contributed by atoms with Crippen LogP contribution < -0.4 is 5.73 Å². The second-order valence-corrected chi connectivity index (χ2v) is 4.73. The quantitative estimate of drug-likeness (QED) is 0.635. The fraction of sp³-hybridized carbons (Fsp3) is 0.818. The molecule has 1 aliphatic rings. The van der Waals surface area contributed by atoms with Crippen LogP contribution in [-0.2, 0) is 9.59 Å². The van der Waals surface area contributed by atoms with E-state index >= 15 is 0 Å². The lowest BCUT2D eigenvalue weighted by atomic mass is 10.3. The van der Waals surface area contributed by atoms with Crippen LogP contribution in [0, 0.1) is 0 Å². The summed E-state index contributed by atoms with van der Waals surface area (Å²) in [5.41, 5.74) is 5.55. The van der Waals surface area contributed by atoms with Crippen LogP contribution >= 0.6 is 0 Å². The average Bonchev–Trinajstić information content (AvgIpc) is 2.72. The van der Waals surface area contributed by atoms with Crippen molar-refractivity contribution < 1.29 is 50.5 Å². The molecule has 1 aliphatic heterocycles. The van der Waals surface area contributed by atoms with Crippen molar-refractivity contribution in [3.63, 3.8) is 0 Å². The molecular weight excluding hydrogens is 357 g/mol. The lowest BCUT2D eigenvalue weighted by Crippen LogP contribution is -2.34. The van der Waals surface area contributed by atoms with Gasteiger partial charge in [0.15, 0.2) is 0 Å². The van der Waals surface area contributed by atoms with E-state index in [2.05, 4.69) is 4.90 Å². The first-order chi connectivity index (χ1) is 10.6. The molecule has 1 fully saturated rings. The molecule has 1 saturated heterocycles. The maximum Gasteiger partial charge on any atom is 0.490 e. The number of hydrogen-bond donors (Lipinski definition) is 3. The van der Waals surface area contributed by atoms with Gasteiger partial charge in [0.25, 0.3) is 0 Å². The summed E-state index contributed by atoms with van der Waals surface area (Å²) in [4.78, 5) is 19.9. The Bertz CT molecular complexity index is 375. The van der Waals surface area contributed by atoms with E-state index in [0.717, 1.165) is 13.1 Å². The minimum absolute atomic E-state index is 0.172. The summed E-state index contributed by atoms with van der Waals surface area (Å²) in [6, 6.07) is 0.172. The lowest BCUT2D eigenvalue weighted by molar-refractivity contribution is -0.193. The first kappa shape index (κ1) is 24.6. The number of likely N-dealkylation sites (tertiary alicyclic amines) is 1. The van der Waals surface area contributed by atoms with Crippen LogP contribution in [0.2, 0.25) is 0 Å². The predicted octanol–water partition coefficient (Wildman–Crippen LogP) is 1.64. The molecule has 0 amide bonds. The van der Waals surface area contributed by atoms with Gasteiger partial charge in [-0.3, -0.25) is 4.90 Å². The van der Waals surface area contributed by atoms with Crippen LogP contribution in [0.1, 0.15) is 13.3 Å². The molecule has 24 heavy (non-hydrogen) atoms. The molecule has 144 valence electrons. The van der Waals surface area contributed by atoms with E-state index in [4.69, 9.17) is 25.5 Å². The van der Waals surface area contributed by atoms with Crippen LogP contribution in [-0.4, -0.2) is 71.3 Å². The number of alkyl halides is 7. The van der Waals surface area contributed by atoms with Crippen LogP contribution in [0.25, 0.3) is 0 Å². The third-order valence-electron chi connectivity index (χ3n) is 2.25. The number of carboxylic acid groups (broad SMARTS) is 2. The molecule has 0 aliphatic carbocycles. The normalized spacial score (nSPS) is 19.5. The Labute approximate surface area is 132 Å². The lowest BCUT2D eigenvalue weighted by Gasteiger charge is -2.16. The number of nitrogens with two attached hydrogens (primary N) is 1. The number of carboxylic acids is 2. The minimum Gasteiger partial charge on any atom is -0.475 e. The Morgan fingerprint density at radius 3 is 1.62 bits per heavy atom. The molecule has 2 atom stereocenters. The molecule has 1 rings (SSSR count). The van der Waals surface area contributed by atoms with Gasteiger partial charge in [-0.25, -0.2) is 14.0 Å². The second kappa shape index (κ2) is 10.3. The molecule has 0 radical (unpaired) electrons. The standard InChI is InChI=1S/C7H15FN2.2C2HF3O2/c1-6(9)4-10-3-2-7(8)5-10;2*3-2(4,5)1(6)7/h6-7H,2-5,9H2,1H3;2*(H,6,7)/t6-,7-;;/m1../s1. The van der Waals surface area contributed by atoms with Crippen molar-refractivity contribution in [1.82, 2.24) is 4.90 Å². The number of halogens is 7. The Kier molecular flexibility index (Phi) is 10.5. The van der Waals surface area contributed by atoms with E-state index in [-0.39, 0.29) is 6.04 Å². The van der Waals surface area contributed by atoms with Gasteiger partial charge < -0.3 is 15.9 Å². The van der Waals surface area contributed by atoms with E-state index in [1.165, 1.54) is 0 Å². The molecule has 0 aromatic carbocycles. The van der Waals surface area contributed by atoms with Gasteiger partial charge in [-0.2, -0.15) is 26.3 Å². The maximum absolute atomic E-state index is 12.5. The van der Waals surface area contributed by atoms with Crippen molar-refractivity contribution in [3.05, 3.63) is 0 Å². The SMILES string of the molecule is C[C@@H](N)CN1CC[C@@H](F)C1.O=C(O)C(F)(F)F.O=C(O)C(F)(F)F. The molecule has 13 heteroatoms. The fourth-order valence-corrected chi connectivity index (χ4v) is 1.36. The number of nitrogens with zero attached hydrogens (tertiary/aromatic N) is 1. The molecule has 0 unspecified atom stereocenters. The molecule has 6 nitrogen and oxygen atoms in total. The van der Waals surface area contributed by atoms with Crippen molar-refractivity contribution in [2.75, 3.05) is 19.6 Å². The van der Waals surface area contributed by atoms with Gasteiger partial charge in [0, 0.05) is 25.7 Å². The van der Waals surface area contributed by atoms with Gasteiger partial charge in [0.1, 0.15) is 6.17 Å². The highest BCUT2D eigenvalue weighted by molar-refractivity contribution is 5.73. The second-order valence-electron chi connectivity index (χ2n) is 4.73. The zero-order chi connectivity index (χ0) is 19.7. The summed E-state index contributed by atoms with van der Waals surface area (Å²) in [5.74, 6) is -5.51. The molecule has 1 heterocycles. The molecular formula is C11H17F7N2O4. The van der Waals surface area contributed by atoms with Gasteiger partial charge in [-0.1, -0.05) is 0 Å². The number of carbonyl (C=O) groups is 2. The largest absolute Gasteiger partial charge is 0.490 e. The molecule has 4 N–H and O–H groups in total. The zero-order valence-corrected chi connectivity index (χ0v) is 12.4. The summed E-state index contributed by atoms with van der Waals surface area (Å²) < 4.78 is 76.0. The number of aliphatic carboxylic acids is 2. The van der Waals surface area contributed by atoms with Crippen molar-refractivity contribution in [3.8, 4) is 0 Å². The minimum atomic E-state index is -5.08. The third kappa shape index (κ3) is 14.0. The fourth-order valence-electron chi connectivity index (χ4n) is 1.36. The summed E-state index contributed by atoms with van der Waals surface area (Å²) in [6.45, 7) is 4.25. The van der Waals surface area contributed by atoms with E-state index in [9.17, 15) is 30.7 Å². The number of rotatable bonds is 2. The van der Waals surface area contributed by atoms with Crippen LogP contribution in [0.5, 0.6) is 0 Å². The Morgan fingerprint density at radius 2 is 1.46 bits per heavy atom. The highest BCUT2D eigenvalue weighted by atomic mass is 19.4. The van der Waals surface area contributed by atoms with Gasteiger partial charge >= 0.3 is 24.3 Å². The molecule has 0 saturated carbocycles. The summed E-state index contributed by atoms with van der Waals surface area (Å²) >= 11 is 0. The van der Waals surface area contributed by atoms with Crippen molar-refractivity contribution in [2.24, 2.45) is 5.73 Å². The van der Waals surface area contributed by atoms with Crippen LogP contribution in [0.4, 0.5) is 30.7 Å². The Balaban J connectivity index is 0. The smallest absolute Gasteiger partial charge is 0.475 e. The van der Waals surface area contributed by atoms with Crippen molar-refractivity contribution >= 4 is 11.9 Å². The van der Waals surface area contributed by atoms with Crippen molar-refractivity contribution in [2.45, 2.75) is 37.9 Å². The Hall–Kier alpha value is -1.63. The predicted molar refractivity (Wildman–Crippen MR) is 67.0 cm³/mol. The number of hydrogen-bond acceptors (Lipinski definition) is 4. The summed E-state index contributed by atoms with van der Waals surface area (Å²) in [6.07, 6.45) is -10.1. The molecule has 0 aromatic heterocycles. The monoisotopic (exact) mass is 374 g/mol. The first-order valence-corrected chi connectivity index (χ1v) is 6.29. The van der Waals surface area contributed by atoms with Crippen molar-refractivity contribution in [1.29, 1.82) is 0 Å². The van der Waals surface area contributed by atoms with Gasteiger partial charge in [-0.05, 0) is 13.3 Å². The van der Waals surface area contributed by atoms with Crippen LogP contribution in [0.3, 0.4) is 0 Å². The molecule has 0 bridgehead atoms. The third-order valence-corrected chi connectivity index (χ3v) is 2.25. The van der Waals surface area contributed by atoms with E-state index in [0.29, 0.717) is 13.0 Å². The van der Waals surface area contributed by atoms with Gasteiger partial charge in [-0.15, -0.1) is 0 Å². The van der Waals surface area contributed by atoms with Crippen LogP contribution in [0.15, 0.2) is 0 Å². The van der Waals surface area contributed by atoms with E-state index < -0.39 is 30.5 Å². The summed E-state index contributed by atoms with van der Waals surface area (Å²) in [5, 5.41) is 14.2. The maximum atomic E-state index is 12.5.